The quantitative estimate of drug-likeness (QED) is 0.463. The maximum absolute atomic E-state index is 5.46. The van der Waals surface area contributed by atoms with Gasteiger partial charge in [0.2, 0.25) is 0 Å². The number of aliphatic imine (C=N–C) groups is 1. The van der Waals surface area contributed by atoms with Crippen LogP contribution < -0.4 is 5.73 Å². The summed E-state index contributed by atoms with van der Waals surface area (Å²) in [6.07, 6.45) is 6.33. The lowest BCUT2D eigenvalue weighted by atomic mass is 10.2. The molecule has 1 unspecified atom stereocenters. The Hall–Kier alpha value is -0.630. The summed E-state index contributed by atoms with van der Waals surface area (Å²) >= 11 is 0. The van der Waals surface area contributed by atoms with Crippen molar-refractivity contribution in [1.82, 2.24) is 0 Å². The third kappa shape index (κ3) is 1.12. The topological polar surface area (TPSA) is 38.4 Å². The molecule has 0 aromatic rings. The summed E-state index contributed by atoms with van der Waals surface area (Å²) < 4.78 is 0. The highest BCUT2D eigenvalue weighted by molar-refractivity contribution is 5.60. The molecule has 0 bridgehead atoms. The van der Waals surface area contributed by atoms with Crippen LogP contribution in [-0.2, 0) is 0 Å². The molecule has 38 valence electrons. The predicted octanol–water partition coefficient (Wildman–Crippen LogP) is 0.302. The molecule has 0 saturated heterocycles. The Labute approximate surface area is 42.7 Å². The first-order valence-electron chi connectivity index (χ1n) is 2.33. The van der Waals surface area contributed by atoms with E-state index in [2.05, 4.69) is 4.99 Å². The molecule has 0 saturated carbocycles. The molecule has 1 aliphatic heterocycles. The highest BCUT2D eigenvalue weighted by atomic mass is 14.7. The van der Waals surface area contributed by atoms with E-state index in [0.29, 0.717) is 0 Å². The Morgan fingerprint density at radius 2 is 2.57 bits per heavy atom. The molecule has 2 heteroatoms. The summed E-state index contributed by atoms with van der Waals surface area (Å²) in [7, 11) is 0. The van der Waals surface area contributed by atoms with Crippen molar-refractivity contribution in [3.8, 4) is 0 Å². The number of nitrogens with two attached hydrogens (primary N) is 1. The predicted molar refractivity (Wildman–Crippen MR) is 30.2 cm³/mol. The van der Waals surface area contributed by atoms with Crippen molar-refractivity contribution in [2.45, 2.75) is 12.5 Å². The lowest BCUT2D eigenvalue weighted by Crippen LogP contribution is -2.18. The van der Waals surface area contributed by atoms with Gasteiger partial charge in [-0.2, -0.15) is 0 Å². The minimum absolute atomic E-state index is 0.206. The highest BCUT2D eigenvalue weighted by Crippen LogP contribution is 1.92. The summed E-state index contributed by atoms with van der Waals surface area (Å²) in [5.74, 6) is 0. The zero-order valence-corrected chi connectivity index (χ0v) is 4.04. The van der Waals surface area contributed by atoms with Crippen molar-refractivity contribution in [2.75, 3.05) is 0 Å². The van der Waals surface area contributed by atoms with E-state index in [0.717, 1.165) is 6.42 Å². The zero-order valence-electron chi connectivity index (χ0n) is 4.04. The third-order valence-corrected chi connectivity index (χ3v) is 0.902. The van der Waals surface area contributed by atoms with E-state index in [-0.39, 0.29) is 6.04 Å². The molecule has 0 fully saturated rings. The molecule has 2 nitrogen and oxygen atoms in total. The summed E-state index contributed by atoms with van der Waals surface area (Å²) in [6.45, 7) is 0. The van der Waals surface area contributed by atoms with Crippen LogP contribution in [0.5, 0.6) is 0 Å². The maximum Gasteiger partial charge on any atom is 0.0291 e. The van der Waals surface area contributed by atoms with E-state index < -0.39 is 0 Å². The van der Waals surface area contributed by atoms with E-state index in [1.165, 1.54) is 0 Å². The van der Waals surface area contributed by atoms with E-state index in [1.807, 2.05) is 12.3 Å². The third-order valence-electron chi connectivity index (χ3n) is 0.902. The number of rotatable bonds is 0. The number of hydrogen-bond donors (Lipinski definition) is 1. The van der Waals surface area contributed by atoms with Gasteiger partial charge in [0, 0.05) is 24.9 Å². The fraction of sp³-hybridized carbons (Fsp3) is 0.400. The zero-order chi connectivity index (χ0) is 5.11. The molecule has 1 atom stereocenters. The van der Waals surface area contributed by atoms with Crippen molar-refractivity contribution in [3.63, 3.8) is 0 Å². The van der Waals surface area contributed by atoms with Crippen LogP contribution in [0.25, 0.3) is 0 Å². The van der Waals surface area contributed by atoms with Gasteiger partial charge in [-0.15, -0.1) is 0 Å². The molecule has 1 aliphatic rings. The lowest BCUT2D eigenvalue weighted by Gasteiger charge is -2.01. The van der Waals surface area contributed by atoms with E-state index >= 15 is 0 Å². The van der Waals surface area contributed by atoms with Gasteiger partial charge in [-0.1, -0.05) is 0 Å². The number of hydrogen-bond acceptors (Lipinski definition) is 2. The molecule has 0 aromatic carbocycles. The average Bonchev–Trinajstić information content (AvgIpc) is 1.69. The van der Waals surface area contributed by atoms with Crippen LogP contribution in [0.15, 0.2) is 17.3 Å². The van der Waals surface area contributed by atoms with Gasteiger partial charge in [-0.05, 0) is 6.08 Å². The van der Waals surface area contributed by atoms with Crippen LogP contribution in [-0.4, -0.2) is 12.3 Å². The Balaban J connectivity index is 2.49. The smallest absolute Gasteiger partial charge is 0.0291 e. The molecule has 1 heterocycles. The van der Waals surface area contributed by atoms with Gasteiger partial charge in [0.05, 0.1) is 0 Å². The van der Waals surface area contributed by atoms with Gasteiger partial charge in [-0.3, -0.25) is 4.99 Å². The SMILES string of the molecule is NC1C=CN=CC1. The van der Waals surface area contributed by atoms with Crippen molar-refractivity contribution >= 4 is 6.21 Å². The van der Waals surface area contributed by atoms with Crippen molar-refractivity contribution in [1.29, 1.82) is 0 Å². The second-order valence-corrected chi connectivity index (χ2v) is 1.57. The van der Waals surface area contributed by atoms with Gasteiger partial charge in [0.1, 0.15) is 0 Å². The molecule has 2 N–H and O–H groups in total. The fourth-order valence-electron chi connectivity index (χ4n) is 0.482. The van der Waals surface area contributed by atoms with E-state index in [4.69, 9.17) is 5.73 Å². The van der Waals surface area contributed by atoms with Gasteiger partial charge in [-0.25, -0.2) is 0 Å². The van der Waals surface area contributed by atoms with Crippen LogP contribution in [0.1, 0.15) is 6.42 Å². The second-order valence-electron chi connectivity index (χ2n) is 1.57. The Kier molecular flexibility index (Phi) is 1.22. The molecular formula is C5H8N2. The molecule has 0 spiro atoms. The van der Waals surface area contributed by atoms with Crippen molar-refractivity contribution < 1.29 is 0 Å². The van der Waals surface area contributed by atoms with E-state index in [9.17, 15) is 0 Å². The van der Waals surface area contributed by atoms with Crippen LogP contribution in [0.4, 0.5) is 0 Å². The molecule has 7 heavy (non-hydrogen) atoms. The fourth-order valence-corrected chi connectivity index (χ4v) is 0.482. The van der Waals surface area contributed by atoms with Gasteiger partial charge >= 0.3 is 0 Å². The van der Waals surface area contributed by atoms with Gasteiger partial charge in [0.15, 0.2) is 0 Å². The largest absolute Gasteiger partial charge is 0.324 e. The first kappa shape index (κ1) is 4.53. The summed E-state index contributed by atoms with van der Waals surface area (Å²) in [5, 5.41) is 0. The number of nitrogens with zero attached hydrogens (tertiary/aromatic N) is 1. The summed E-state index contributed by atoms with van der Waals surface area (Å²) in [6, 6.07) is 0.206. The Bertz CT molecular complexity index is 105. The molecule has 1 rings (SSSR count). The minimum Gasteiger partial charge on any atom is -0.324 e. The Morgan fingerprint density at radius 3 is 2.86 bits per heavy atom. The van der Waals surface area contributed by atoms with E-state index in [1.54, 1.807) is 6.20 Å². The standard InChI is InChI=1S/C5H8N2/c6-5-1-3-7-4-2-5/h1,3-5H,2,6H2. The molecule has 0 aromatic heterocycles. The summed E-state index contributed by atoms with van der Waals surface area (Å²) in [4.78, 5) is 3.84. The van der Waals surface area contributed by atoms with Gasteiger partial charge < -0.3 is 5.73 Å². The summed E-state index contributed by atoms with van der Waals surface area (Å²) in [5.41, 5.74) is 5.46. The maximum atomic E-state index is 5.46. The minimum atomic E-state index is 0.206. The lowest BCUT2D eigenvalue weighted by molar-refractivity contribution is 0.856. The van der Waals surface area contributed by atoms with Crippen molar-refractivity contribution in [2.24, 2.45) is 10.7 Å². The van der Waals surface area contributed by atoms with Crippen LogP contribution in [0, 0.1) is 0 Å². The van der Waals surface area contributed by atoms with Gasteiger partial charge in [0.25, 0.3) is 0 Å². The monoisotopic (exact) mass is 96.1 g/mol. The van der Waals surface area contributed by atoms with Crippen LogP contribution in [0.3, 0.4) is 0 Å². The van der Waals surface area contributed by atoms with Crippen molar-refractivity contribution in [3.05, 3.63) is 12.3 Å². The first-order chi connectivity index (χ1) is 3.39. The average molecular weight is 96.1 g/mol. The molecule has 0 aliphatic carbocycles. The Morgan fingerprint density at radius 1 is 1.71 bits per heavy atom. The second kappa shape index (κ2) is 1.89. The van der Waals surface area contributed by atoms with Crippen LogP contribution in [0.2, 0.25) is 0 Å². The first-order valence-corrected chi connectivity index (χ1v) is 2.33. The molecule has 0 amide bonds. The normalized spacial score (nSPS) is 28.4. The molecular weight excluding hydrogens is 88.1 g/mol. The highest BCUT2D eigenvalue weighted by Gasteiger charge is 1.94. The van der Waals surface area contributed by atoms with Crippen LogP contribution >= 0.6 is 0 Å². The molecule has 0 radical (unpaired) electrons.